The van der Waals surface area contributed by atoms with Crippen LogP contribution in [0.15, 0.2) is 67.6 Å². The summed E-state index contributed by atoms with van der Waals surface area (Å²) in [6.45, 7) is 12.4. The molecular formula is C29H37N5O2. The molecule has 0 aliphatic carbocycles. The first-order chi connectivity index (χ1) is 17.6. The highest BCUT2D eigenvalue weighted by Gasteiger charge is 2.09. The first-order valence-corrected chi connectivity index (χ1v) is 12.6. The number of rotatable bonds is 12. The van der Waals surface area contributed by atoms with Crippen LogP contribution in [0.1, 0.15) is 28.7 Å². The van der Waals surface area contributed by atoms with Crippen molar-refractivity contribution in [3.8, 4) is 11.3 Å². The van der Waals surface area contributed by atoms with E-state index in [9.17, 15) is 0 Å². The monoisotopic (exact) mass is 487 g/mol. The summed E-state index contributed by atoms with van der Waals surface area (Å²) in [5.74, 6) is 0. The lowest BCUT2D eigenvalue weighted by molar-refractivity contribution is 0.0376. The topological polar surface area (TPSA) is 88.4 Å². The molecule has 0 atom stereocenters. The van der Waals surface area contributed by atoms with Gasteiger partial charge in [-0.05, 0) is 78.9 Å². The van der Waals surface area contributed by atoms with E-state index >= 15 is 0 Å². The Hall–Kier alpha value is -3.55. The number of hydrogen-bond donors (Lipinski definition) is 3. The van der Waals surface area contributed by atoms with Gasteiger partial charge >= 0.3 is 0 Å². The second kappa shape index (κ2) is 13.0. The zero-order valence-corrected chi connectivity index (χ0v) is 21.1. The lowest BCUT2D eigenvalue weighted by atomic mass is 10.0. The van der Waals surface area contributed by atoms with Crippen LogP contribution in [0.5, 0.6) is 0 Å². The van der Waals surface area contributed by atoms with E-state index in [1.54, 1.807) is 6.26 Å². The van der Waals surface area contributed by atoms with Gasteiger partial charge in [0.05, 0.1) is 31.4 Å². The van der Waals surface area contributed by atoms with E-state index in [0.717, 1.165) is 97.1 Å². The Morgan fingerprint density at radius 3 is 2.89 bits per heavy atom. The minimum Gasteiger partial charge on any atom is -0.497 e. The smallest absolute Gasteiger partial charge is 0.112 e. The van der Waals surface area contributed by atoms with Crippen molar-refractivity contribution in [1.29, 1.82) is 0 Å². The Bertz CT molecular complexity index is 1160. The molecular weight excluding hydrogens is 450 g/mol. The summed E-state index contributed by atoms with van der Waals surface area (Å²) in [7, 11) is 0. The summed E-state index contributed by atoms with van der Waals surface area (Å²) in [6, 6.07) is 14.4. The normalized spacial score (nSPS) is 14.2. The number of nitrogens with zero attached hydrogens (tertiary/aromatic N) is 2. The maximum absolute atomic E-state index is 6.17. The maximum atomic E-state index is 6.17. The summed E-state index contributed by atoms with van der Waals surface area (Å²) < 4.78 is 11.2. The summed E-state index contributed by atoms with van der Waals surface area (Å²) in [5.41, 5.74) is 14.3. The number of aryl methyl sites for hydroxylation is 1. The third-order valence-corrected chi connectivity index (χ3v) is 6.30. The van der Waals surface area contributed by atoms with Gasteiger partial charge in [0.15, 0.2) is 0 Å². The molecule has 1 aliphatic rings. The van der Waals surface area contributed by atoms with Crippen molar-refractivity contribution in [2.45, 2.75) is 26.4 Å². The molecule has 7 heteroatoms. The molecule has 36 heavy (non-hydrogen) atoms. The second-order valence-electron chi connectivity index (χ2n) is 9.19. The highest BCUT2D eigenvalue weighted by molar-refractivity contribution is 5.66. The fourth-order valence-corrected chi connectivity index (χ4v) is 4.33. The number of allylic oxidation sites excluding steroid dienone is 1. The number of aromatic nitrogens is 2. The van der Waals surface area contributed by atoms with Crippen molar-refractivity contribution in [3.05, 3.63) is 89.8 Å². The molecule has 0 bridgehead atoms. The van der Waals surface area contributed by atoms with E-state index in [1.807, 2.05) is 37.4 Å². The summed E-state index contributed by atoms with van der Waals surface area (Å²) in [5, 5.41) is 10.6. The van der Waals surface area contributed by atoms with Crippen molar-refractivity contribution in [3.63, 3.8) is 0 Å². The zero-order valence-electron chi connectivity index (χ0n) is 21.1. The molecule has 2 aromatic carbocycles. The van der Waals surface area contributed by atoms with Crippen LogP contribution in [-0.2, 0) is 22.5 Å². The number of hydrogen-bond acceptors (Lipinski definition) is 6. The van der Waals surface area contributed by atoms with E-state index in [2.05, 4.69) is 51.3 Å². The summed E-state index contributed by atoms with van der Waals surface area (Å²) in [4.78, 5) is 2.44. The van der Waals surface area contributed by atoms with Gasteiger partial charge in [0.25, 0.3) is 0 Å². The lowest BCUT2D eigenvalue weighted by Gasteiger charge is -2.26. The predicted molar refractivity (Wildman–Crippen MR) is 146 cm³/mol. The Labute approximate surface area is 214 Å². The van der Waals surface area contributed by atoms with Crippen molar-refractivity contribution in [2.75, 3.05) is 45.1 Å². The van der Waals surface area contributed by atoms with Crippen LogP contribution in [0.2, 0.25) is 0 Å². The van der Waals surface area contributed by atoms with Crippen molar-refractivity contribution in [2.24, 2.45) is 0 Å². The quantitative estimate of drug-likeness (QED) is 0.198. The molecule has 4 N–H and O–H groups in total. The largest absolute Gasteiger partial charge is 0.497 e. The molecule has 4 rings (SSSR count). The molecule has 0 amide bonds. The maximum Gasteiger partial charge on any atom is 0.112 e. The molecule has 0 unspecified atom stereocenters. The first kappa shape index (κ1) is 25.5. The minimum atomic E-state index is 0.505. The standard InChI is InChI=1S/C29H37N5O2/c1-22-20-32-33-29(22)26-8-3-6-25(17-26)21-36-13-4-7-24-16-27(19-28(30)18-24)23(2)31-9-5-10-34-11-14-35-15-12-34/h3-4,6,8,13,16-20,31H,2,5,7,9-12,14-15,21,30H2,1H3,(H,32,33)/b13-4-. The van der Waals surface area contributed by atoms with Gasteiger partial charge in [-0.25, -0.2) is 0 Å². The average Bonchev–Trinajstić information content (AvgIpc) is 3.32. The Morgan fingerprint density at radius 2 is 2.08 bits per heavy atom. The van der Waals surface area contributed by atoms with Crippen molar-refractivity contribution in [1.82, 2.24) is 20.4 Å². The molecule has 2 heterocycles. The van der Waals surface area contributed by atoms with Gasteiger partial charge in [0.2, 0.25) is 0 Å². The number of morpholine rings is 1. The van der Waals surface area contributed by atoms with E-state index < -0.39 is 0 Å². The molecule has 3 aromatic rings. The van der Waals surface area contributed by atoms with E-state index in [1.165, 1.54) is 0 Å². The number of anilines is 1. The van der Waals surface area contributed by atoms with E-state index in [0.29, 0.717) is 6.61 Å². The number of aromatic amines is 1. The van der Waals surface area contributed by atoms with Crippen LogP contribution >= 0.6 is 0 Å². The van der Waals surface area contributed by atoms with Gasteiger partial charge in [-0.3, -0.25) is 10.00 Å². The first-order valence-electron chi connectivity index (χ1n) is 12.6. The number of benzene rings is 2. The van der Waals surface area contributed by atoms with Crippen LogP contribution in [0.4, 0.5) is 5.69 Å². The minimum absolute atomic E-state index is 0.505. The molecule has 1 saturated heterocycles. The Morgan fingerprint density at radius 1 is 1.22 bits per heavy atom. The molecule has 1 aromatic heterocycles. The molecule has 190 valence electrons. The third kappa shape index (κ3) is 7.47. The van der Waals surface area contributed by atoms with Crippen LogP contribution in [0.3, 0.4) is 0 Å². The Balaban J connectivity index is 1.23. The van der Waals surface area contributed by atoms with Gasteiger partial charge in [0, 0.05) is 36.6 Å². The fourth-order valence-electron chi connectivity index (χ4n) is 4.33. The van der Waals surface area contributed by atoms with Crippen molar-refractivity contribution < 1.29 is 9.47 Å². The van der Waals surface area contributed by atoms with Gasteiger partial charge < -0.3 is 20.5 Å². The van der Waals surface area contributed by atoms with Crippen LogP contribution < -0.4 is 11.1 Å². The number of nitrogens with one attached hydrogen (secondary N) is 2. The zero-order chi connectivity index (χ0) is 25.2. The third-order valence-electron chi connectivity index (χ3n) is 6.30. The molecule has 0 radical (unpaired) electrons. The van der Waals surface area contributed by atoms with Gasteiger partial charge in [-0.1, -0.05) is 24.8 Å². The Kier molecular flexibility index (Phi) is 9.19. The number of H-pyrrole nitrogens is 1. The lowest BCUT2D eigenvalue weighted by Crippen LogP contribution is -2.37. The SMILES string of the molecule is C=C(NCCCN1CCOCC1)c1cc(N)cc(C/C=C\OCc2cccc(-c3[nH]ncc3C)c2)c1. The average molecular weight is 488 g/mol. The van der Waals surface area contributed by atoms with Crippen molar-refractivity contribution >= 4 is 11.4 Å². The number of nitrogen functional groups attached to an aromatic ring is 1. The molecule has 0 saturated carbocycles. The summed E-state index contributed by atoms with van der Waals surface area (Å²) in [6.07, 6.45) is 7.41. The molecule has 1 fully saturated rings. The molecule has 0 spiro atoms. The highest BCUT2D eigenvalue weighted by Crippen LogP contribution is 2.22. The van der Waals surface area contributed by atoms with Gasteiger partial charge in [-0.2, -0.15) is 5.10 Å². The number of ether oxygens (including phenoxy) is 2. The molecule has 7 nitrogen and oxygen atoms in total. The van der Waals surface area contributed by atoms with E-state index in [-0.39, 0.29) is 0 Å². The van der Waals surface area contributed by atoms with E-state index in [4.69, 9.17) is 15.2 Å². The summed E-state index contributed by atoms with van der Waals surface area (Å²) >= 11 is 0. The van der Waals surface area contributed by atoms with Gasteiger partial charge in [0.1, 0.15) is 6.61 Å². The van der Waals surface area contributed by atoms with Crippen LogP contribution in [-0.4, -0.2) is 54.5 Å². The number of nitrogens with two attached hydrogens (primary N) is 1. The molecule has 1 aliphatic heterocycles. The predicted octanol–water partition coefficient (Wildman–Crippen LogP) is 4.52. The van der Waals surface area contributed by atoms with Crippen LogP contribution in [0, 0.1) is 6.92 Å². The fraction of sp³-hybridized carbons (Fsp3) is 0.345. The second-order valence-corrected chi connectivity index (χ2v) is 9.19. The van der Waals surface area contributed by atoms with Gasteiger partial charge in [-0.15, -0.1) is 0 Å². The van der Waals surface area contributed by atoms with Crippen LogP contribution in [0.25, 0.3) is 17.0 Å². The highest BCUT2D eigenvalue weighted by atomic mass is 16.5.